The van der Waals surface area contributed by atoms with Gasteiger partial charge in [-0.3, -0.25) is 4.98 Å². The summed E-state index contributed by atoms with van der Waals surface area (Å²) in [7, 11) is 0. The number of nitrogens with zero attached hydrogens (tertiary/aromatic N) is 1. The zero-order valence-electron chi connectivity index (χ0n) is 9.66. The van der Waals surface area contributed by atoms with Gasteiger partial charge < -0.3 is 0 Å². The molecule has 1 aromatic heterocycles. The topological polar surface area (TPSA) is 12.9 Å². The van der Waals surface area contributed by atoms with Crippen LogP contribution in [0.1, 0.15) is 29.9 Å². The Bertz CT molecular complexity index is 544. The van der Waals surface area contributed by atoms with Crippen LogP contribution >= 0.6 is 11.8 Å². The van der Waals surface area contributed by atoms with Gasteiger partial charge in [-0.15, -0.1) is 11.8 Å². The van der Waals surface area contributed by atoms with Crippen LogP contribution in [0.25, 0.3) is 10.9 Å². The van der Waals surface area contributed by atoms with Gasteiger partial charge in [0.25, 0.3) is 0 Å². The van der Waals surface area contributed by atoms with E-state index in [9.17, 15) is 0 Å². The molecule has 0 N–H and O–H groups in total. The summed E-state index contributed by atoms with van der Waals surface area (Å²) in [6.07, 6.45) is 6.89. The minimum atomic E-state index is 0.787. The molecular formula is C14H15NS. The Morgan fingerprint density at radius 3 is 2.81 bits per heavy atom. The lowest BCUT2D eigenvalue weighted by Gasteiger charge is -2.11. The van der Waals surface area contributed by atoms with E-state index >= 15 is 0 Å². The molecule has 1 heterocycles. The van der Waals surface area contributed by atoms with Crippen LogP contribution in [0.2, 0.25) is 0 Å². The van der Waals surface area contributed by atoms with Gasteiger partial charge in [-0.25, -0.2) is 0 Å². The van der Waals surface area contributed by atoms with Crippen molar-refractivity contribution in [3.05, 3.63) is 35.5 Å². The maximum absolute atomic E-state index is 4.60. The standard InChI is InChI=1S/C14H15NS/c1-9-4-3-5-11-13(10-6-7-10)12(16-2)8-15-14(9)11/h3-5,8,10H,6-7H2,1-2H3. The van der Waals surface area contributed by atoms with Crippen LogP contribution in [0.5, 0.6) is 0 Å². The van der Waals surface area contributed by atoms with Crippen molar-refractivity contribution in [2.75, 3.05) is 6.26 Å². The molecule has 1 aromatic carbocycles. The molecule has 1 nitrogen and oxygen atoms in total. The van der Waals surface area contributed by atoms with Crippen molar-refractivity contribution in [1.82, 2.24) is 4.98 Å². The van der Waals surface area contributed by atoms with Crippen LogP contribution < -0.4 is 0 Å². The van der Waals surface area contributed by atoms with E-state index in [0.29, 0.717) is 0 Å². The smallest absolute Gasteiger partial charge is 0.0734 e. The van der Waals surface area contributed by atoms with Crippen LogP contribution in [0.4, 0.5) is 0 Å². The van der Waals surface area contributed by atoms with Gasteiger partial charge in [0.2, 0.25) is 0 Å². The third-order valence-corrected chi connectivity index (χ3v) is 4.07. The van der Waals surface area contributed by atoms with Crippen molar-refractivity contribution in [2.45, 2.75) is 30.6 Å². The molecule has 1 saturated carbocycles. The summed E-state index contributed by atoms with van der Waals surface area (Å²) >= 11 is 1.82. The zero-order chi connectivity index (χ0) is 11.1. The number of aromatic nitrogens is 1. The van der Waals surface area contributed by atoms with Gasteiger partial charge in [0.1, 0.15) is 0 Å². The third-order valence-electron chi connectivity index (χ3n) is 3.31. The summed E-state index contributed by atoms with van der Waals surface area (Å²) in [6.45, 7) is 2.14. The van der Waals surface area contributed by atoms with Crippen LogP contribution in [0.15, 0.2) is 29.3 Å². The second-order valence-electron chi connectivity index (χ2n) is 4.49. The Balaban J connectivity index is 2.35. The molecule has 82 valence electrons. The Hall–Kier alpha value is -1.02. The van der Waals surface area contributed by atoms with Gasteiger partial charge in [0.15, 0.2) is 0 Å². The van der Waals surface area contributed by atoms with E-state index in [1.165, 1.54) is 34.2 Å². The van der Waals surface area contributed by atoms with Crippen molar-refractivity contribution in [1.29, 1.82) is 0 Å². The molecule has 0 bridgehead atoms. The van der Waals surface area contributed by atoms with E-state index in [1.54, 1.807) is 5.56 Å². The van der Waals surface area contributed by atoms with Crippen LogP contribution in [-0.4, -0.2) is 11.2 Å². The van der Waals surface area contributed by atoms with Crippen LogP contribution in [0, 0.1) is 6.92 Å². The van der Waals surface area contributed by atoms with Crippen LogP contribution in [0.3, 0.4) is 0 Å². The lowest BCUT2D eigenvalue weighted by molar-refractivity contribution is 1.07. The molecule has 1 aliphatic carbocycles. The third kappa shape index (κ3) is 1.52. The maximum Gasteiger partial charge on any atom is 0.0734 e. The van der Waals surface area contributed by atoms with Gasteiger partial charge in [-0.05, 0) is 43.1 Å². The van der Waals surface area contributed by atoms with Crippen molar-refractivity contribution in [2.24, 2.45) is 0 Å². The Labute approximate surface area is 100 Å². The quantitative estimate of drug-likeness (QED) is 0.718. The number of aryl methyl sites for hydroxylation is 1. The molecule has 0 spiro atoms. The summed E-state index contributed by atoms with van der Waals surface area (Å²) in [5.41, 5.74) is 4.01. The fourth-order valence-electron chi connectivity index (χ4n) is 2.33. The highest BCUT2D eigenvalue weighted by molar-refractivity contribution is 7.98. The van der Waals surface area contributed by atoms with E-state index in [1.807, 2.05) is 18.0 Å². The highest BCUT2D eigenvalue weighted by Crippen LogP contribution is 2.46. The number of thioether (sulfide) groups is 1. The summed E-state index contributed by atoms with van der Waals surface area (Å²) in [4.78, 5) is 5.96. The van der Waals surface area contributed by atoms with Crippen molar-refractivity contribution in [3.8, 4) is 0 Å². The van der Waals surface area contributed by atoms with Gasteiger partial charge in [0.05, 0.1) is 5.52 Å². The predicted molar refractivity (Wildman–Crippen MR) is 70.2 cm³/mol. The summed E-state index contributed by atoms with van der Waals surface area (Å²) in [5, 5.41) is 1.37. The van der Waals surface area contributed by atoms with E-state index < -0.39 is 0 Å². The molecule has 1 aliphatic rings. The zero-order valence-corrected chi connectivity index (χ0v) is 10.5. The summed E-state index contributed by atoms with van der Waals surface area (Å²) in [5.74, 6) is 0.787. The van der Waals surface area contributed by atoms with Crippen molar-refractivity contribution < 1.29 is 0 Å². The number of hydrogen-bond donors (Lipinski definition) is 0. The fourth-order valence-corrected chi connectivity index (χ4v) is 2.98. The minimum absolute atomic E-state index is 0.787. The van der Waals surface area contributed by atoms with E-state index in [-0.39, 0.29) is 0 Å². The number of para-hydroxylation sites is 1. The Morgan fingerprint density at radius 1 is 1.31 bits per heavy atom. The lowest BCUT2D eigenvalue weighted by Crippen LogP contribution is -1.92. The Morgan fingerprint density at radius 2 is 2.12 bits per heavy atom. The first kappa shape index (κ1) is 10.2. The van der Waals surface area contributed by atoms with E-state index in [2.05, 4.69) is 36.4 Å². The first-order valence-electron chi connectivity index (χ1n) is 5.73. The average molecular weight is 229 g/mol. The first-order chi connectivity index (χ1) is 7.81. The molecule has 0 radical (unpaired) electrons. The molecule has 0 atom stereocenters. The molecule has 0 aliphatic heterocycles. The van der Waals surface area contributed by atoms with Crippen LogP contribution in [-0.2, 0) is 0 Å². The average Bonchev–Trinajstić information content (AvgIpc) is 3.12. The molecule has 0 saturated heterocycles. The monoisotopic (exact) mass is 229 g/mol. The molecule has 0 unspecified atom stereocenters. The lowest BCUT2D eigenvalue weighted by atomic mass is 10.0. The molecule has 1 fully saturated rings. The predicted octanol–water partition coefficient (Wildman–Crippen LogP) is 4.14. The number of pyridine rings is 1. The van der Waals surface area contributed by atoms with E-state index in [0.717, 1.165) is 5.92 Å². The summed E-state index contributed by atoms with van der Waals surface area (Å²) in [6, 6.07) is 6.52. The highest BCUT2D eigenvalue weighted by Gasteiger charge is 2.28. The maximum atomic E-state index is 4.60. The molecule has 3 rings (SSSR count). The molecule has 16 heavy (non-hydrogen) atoms. The highest BCUT2D eigenvalue weighted by atomic mass is 32.2. The molecular weight excluding hydrogens is 214 g/mol. The second kappa shape index (κ2) is 3.77. The second-order valence-corrected chi connectivity index (χ2v) is 5.33. The van der Waals surface area contributed by atoms with E-state index in [4.69, 9.17) is 0 Å². The molecule has 2 aromatic rings. The van der Waals surface area contributed by atoms with Gasteiger partial charge in [-0.1, -0.05) is 18.2 Å². The Kier molecular flexibility index (Phi) is 2.40. The van der Waals surface area contributed by atoms with Gasteiger partial charge in [0, 0.05) is 16.5 Å². The number of fused-ring (bicyclic) bond motifs is 1. The normalized spacial score (nSPS) is 15.6. The number of benzene rings is 1. The SMILES string of the molecule is CSc1cnc2c(C)cccc2c1C1CC1. The molecule has 2 heteroatoms. The number of rotatable bonds is 2. The van der Waals surface area contributed by atoms with Gasteiger partial charge in [-0.2, -0.15) is 0 Å². The largest absolute Gasteiger partial charge is 0.255 e. The van der Waals surface area contributed by atoms with Gasteiger partial charge >= 0.3 is 0 Å². The fraction of sp³-hybridized carbons (Fsp3) is 0.357. The number of hydrogen-bond acceptors (Lipinski definition) is 2. The van der Waals surface area contributed by atoms with Crippen molar-refractivity contribution in [3.63, 3.8) is 0 Å². The first-order valence-corrected chi connectivity index (χ1v) is 6.96. The molecule has 0 amide bonds. The summed E-state index contributed by atoms with van der Waals surface area (Å²) < 4.78 is 0. The van der Waals surface area contributed by atoms with Crippen molar-refractivity contribution >= 4 is 22.7 Å². The minimum Gasteiger partial charge on any atom is -0.255 e.